The van der Waals surface area contributed by atoms with Crippen LogP contribution in [0.25, 0.3) is 0 Å². The molecule has 6 nitrogen and oxygen atoms in total. The van der Waals surface area contributed by atoms with Crippen LogP contribution in [0.1, 0.15) is 0 Å². The fourth-order valence-electron chi connectivity index (χ4n) is 1.16. The molecule has 15 heavy (non-hydrogen) atoms. The van der Waals surface area contributed by atoms with Gasteiger partial charge in [0.05, 0.1) is 6.61 Å². The lowest BCUT2D eigenvalue weighted by atomic mass is 10.3. The Morgan fingerprint density at radius 3 is 2.67 bits per heavy atom. The van der Waals surface area contributed by atoms with Gasteiger partial charge in [-0.15, -0.1) is 0 Å². The summed E-state index contributed by atoms with van der Waals surface area (Å²) in [5, 5.41) is 7.03. The maximum Gasteiger partial charge on any atom is 0.350 e. The van der Waals surface area contributed by atoms with E-state index < -0.39 is 21.9 Å². The topological polar surface area (TPSA) is 96.5 Å². The average molecular weight is 243 g/mol. The molecular weight excluding hydrogens is 232 g/mol. The smallest absolute Gasteiger partial charge is 0.350 e. The third-order valence-corrected chi connectivity index (χ3v) is 3.46. The van der Waals surface area contributed by atoms with E-state index in [9.17, 15) is 17.2 Å². The highest BCUT2D eigenvalue weighted by molar-refractivity contribution is 7.89. The van der Waals surface area contributed by atoms with Gasteiger partial charge < -0.3 is 10.5 Å². The number of nitrogens with zero attached hydrogens (tertiary/aromatic N) is 1. The fraction of sp³-hybridized carbons (Fsp3) is 0.833. The minimum atomic E-state index is -4.60. The predicted molar refractivity (Wildman–Crippen MR) is 48.2 cm³/mol. The van der Waals surface area contributed by atoms with Crippen molar-refractivity contribution >= 4 is 15.9 Å². The second-order valence-electron chi connectivity index (χ2n) is 2.98. The van der Waals surface area contributed by atoms with Gasteiger partial charge >= 0.3 is 5.76 Å². The number of ether oxygens (including phenoxy) is 1. The number of nitrogens with two attached hydrogens (primary N) is 1. The molecule has 9 heteroatoms. The van der Waals surface area contributed by atoms with Crippen molar-refractivity contribution in [1.82, 2.24) is 4.31 Å². The van der Waals surface area contributed by atoms with Crippen LogP contribution in [0, 0.1) is 5.41 Å². The van der Waals surface area contributed by atoms with Gasteiger partial charge in [-0.3, -0.25) is 5.41 Å². The maximum absolute atomic E-state index is 12.2. The molecule has 0 radical (unpaired) electrons. The lowest BCUT2D eigenvalue weighted by Gasteiger charge is -2.30. The van der Waals surface area contributed by atoms with Crippen molar-refractivity contribution in [3.63, 3.8) is 0 Å². The number of rotatable bonds is 3. The molecule has 1 aliphatic heterocycles. The standard InChI is InChI=1S/C6H11F2N3O3S/c7-6(8)15(12,13)11-1-2-14-4(3-11)5(9)10/h4,6H,1-3H2,(H3,9,10). The Bertz CT molecular complexity index is 346. The van der Waals surface area contributed by atoms with Crippen LogP contribution >= 0.6 is 0 Å². The molecule has 1 atom stereocenters. The van der Waals surface area contributed by atoms with E-state index >= 15 is 0 Å². The molecule has 0 aromatic carbocycles. The van der Waals surface area contributed by atoms with Crippen molar-refractivity contribution in [1.29, 1.82) is 5.41 Å². The lowest BCUT2D eigenvalue weighted by molar-refractivity contribution is 0.0342. The molecule has 1 fully saturated rings. The Labute approximate surface area is 85.5 Å². The average Bonchev–Trinajstić information content (AvgIpc) is 2.17. The Kier molecular flexibility index (Phi) is 3.58. The van der Waals surface area contributed by atoms with Crippen molar-refractivity contribution in [2.45, 2.75) is 11.9 Å². The van der Waals surface area contributed by atoms with Gasteiger partial charge in [0.25, 0.3) is 10.0 Å². The van der Waals surface area contributed by atoms with Gasteiger partial charge in [-0.2, -0.15) is 13.1 Å². The number of hydrogen-bond donors (Lipinski definition) is 2. The minimum Gasteiger partial charge on any atom is -0.385 e. The van der Waals surface area contributed by atoms with Crippen LogP contribution in [-0.4, -0.2) is 50.1 Å². The summed E-state index contributed by atoms with van der Waals surface area (Å²) in [5.74, 6) is -3.83. The van der Waals surface area contributed by atoms with Gasteiger partial charge in [-0.1, -0.05) is 0 Å². The van der Waals surface area contributed by atoms with E-state index in [0.29, 0.717) is 4.31 Å². The summed E-state index contributed by atoms with van der Waals surface area (Å²) in [5.41, 5.74) is 5.10. The Hall–Kier alpha value is -0.800. The fourth-order valence-corrected chi connectivity index (χ4v) is 2.06. The van der Waals surface area contributed by atoms with Gasteiger partial charge in [0, 0.05) is 13.1 Å². The number of morpholine rings is 1. The molecule has 1 aliphatic rings. The second-order valence-corrected chi connectivity index (χ2v) is 4.88. The van der Waals surface area contributed by atoms with Gasteiger partial charge in [-0.25, -0.2) is 8.42 Å². The molecule has 1 unspecified atom stereocenters. The SMILES string of the molecule is N=C(N)C1CN(S(=O)(=O)C(F)F)CCO1. The zero-order chi connectivity index (χ0) is 11.6. The number of sulfonamides is 1. The Balaban J connectivity index is 2.77. The van der Waals surface area contributed by atoms with E-state index in [1.807, 2.05) is 0 Å². The molecule has 88 valence electrons. The molecule has 1 saturated heterocycles. The van der Waals surface area contributed by atoms with E-state index in [4.69, 9.17) is 15.9 Å². The molecule has 0 saturated carbocycles. The third kappa shape index (κ3) is 2.61. The van der Waals surface area contributed by atoms with Crippen LogP contribution in [0.4, 0.5) is 8.78 Å². The first-order valence-corrected chi connectivity index (χ1v) is 5.58. The summed E-state index contributed by atoms with van der Waals surface area (Å²) >= 11 is 0. The summed E-state index contributed by atoms with van der Waals surface area (Å²) in [6, 6.07) is 0. The molecule has 0 amide bonds. The zero-order valence-electron chi connectivity index (χ0n) is 7.69. The second kappa shape index (κ2) is 4.37. The molecular formula is C6H11F2N3O3S. The zero-order valence-corrected chi connectivity index (χ0v) is 8.51. The number of hydrogen-bond acceptors (Lipinski definition) is 4. The van der Waals surface area contributed by atoms with Crippen molar-refractivity contribution in [2.75, 3.05) is 19.7 Å². The highest BCUT2D eigenvalue weighted by Crippen LogP contribution is 2.15. The monoisotopic (exact) mass is 243 g/mol. The first-order valence-electron chi connectivity index (χ1n) is 4.08. The van der Waals surface area contributed by atoms with Crippen molar-refractivity contribution in [3.8, 4) is 0 Å². The summed E-state index contributed by atoms with van der Waals surface area (Å²) in [4.78, 5) is 0. The summed E-state index contributed by atoms with van der Waals surface area (Å²) in [7, 11) is -4.60. The van der Waals surface area contributed by atoms with Crippen LogP contribution in [0.3, 0.4) is 0 Å². The van der Waals surface area contributed by atoms with E-state index in [0.717, 1.165) is 0 Å². The van der Waals surface area contributed by atoms with Crippen LogP contribution < -0.4 is 5.73 Å². The highest BCUT2D eigenvalue weighted by atomic mass is 32.2. The first-order chi connectivity index (χ1) is 6.85. The van der Waals surface area contributed by atoms with E-state index in [1.54, 1.807) is 0 Å². The van der Waals surface area contributed by atoms with Gasteiger partial charge in [-0.05, 0) is 0 Å². The van der Waals surface area contributed by atoms with E-state index in [1.165, 1.54) is 0 Å². The summed E-state index contributed by atoms with van der Waals surface area (Å²) < 4.78 is 52.0. The number of alkyl halides is 2. The molecule has 0 aliphatic carbocycles. The summed E-state index contributed by atoms with van der Waals surface area (Å²) in [6.45, 7) is -0.519. The molecule has 0 bridgehead atoms. The van der Waals surface area contributed by atoms with Gasteiger partial charge in [0.1, 0.15) is 11.9 Å². The molecule has 1 rings (SSSR count). The molecule has 0 aromatic rings. The number of nitrogens with one attached hydrogen (secondary N) is 1. The van der Waals surface area contributed by atoms with E-state index in [2.05, 4.69) is 0 Å². The van der Waals surface area contributed by atoms with Crippen LogP contribution in [0.15, 0.2) is 0 Å². The van der Waals surface area contributed by atoms with Crippen LogP contribution in [-0.2, 0) is 14.8 Å². The van der Waals surface area contributed by atoms with Crippen molar-refractivity contribution in [2.24, 2.45) is 5.73 Å². The van der Waals surface area contributed by atoms with Crippen LogP contribution in [0.2, 0.25) is 0 Å². The van der Waals surface area contributed by atoms with Gasteiger partial charge in [0.15, 0.2) is 0 Å². The van der Waals surface area contributed by atoms with Crippen molar-refractivity contribution < 1.29 is 21.9 Å². The quantitative estimate of drug-likeness (QED) is 0.499. The summed E-state index contributed by atoms with van der Waals surface area (Å²) in [6.07, 6.45) is -0.938. The minimum absolute atomic E-state index is 0.0454. The molecule has 0 spiro atoms. The Morgan fingerprint density at radius 2 is 2.20 bits per heavy atom. The normalized spacial score (nSPS) is 24.3. The molecule has 3 N–H and O–H groups in total. The maximum atomic E-state index is 12.2. The van der Waals surface area contributed by atoms with Crippen molar-refractivity contribution in [3.05, 3.63) is 0 Å². The van der Waals surface area contributed by atoms with E-state index in [-0.39, 0.29) is 25.5 Å². The predicted octanol–water partition coefficient (Wildman–Crippen LogP) is -0.824. The lowest BCUT2D eigenvalue weighted by Crippen LogP contribution is -2.51. The number of amidine groups is 1. The Morgan fingerprint density at radius 1 is 1.60 bits per heavy atom. The first kappa shape index (κ1) is 12.3. The molecule has 1 heterocycles. The molecule has 0 aromatic heterocycles. The van der Waals surface area contributed by atoms with Crippen LogP contribution in [0.5, 0.6) is 0 Å². The highest BCUT2D eigenvalue weighted by Gasteiger charge is 2.36. The largest absolute Gasteiger partial charge is 0.385 e. The third-order valence-electron chi connectivity index (χ3n) is 1.96. The number of halogens is 2. The van der Waals surface area contributed by atoms with Gasteiger partial charge in [0.2, 0.25) is 0 Å².